The van der Waals surface area contributed by atoms with Crippen LogP contribution in [0.15, 0.2) is 28.7 Å². The molecule has 2 rings (SSSR count). The lowest BCUT2D eigenvalue weighted by Gasteiger charge is -2.35. The number of anilines is 1. The summed E-state index contributed by atoms with van der Waals surface area (Å²) in [6, 6.07) is 7.92. The molecule has 1 atom stereocenters. The predicted molar refractivity (Wildman–Crippen MR) is 71.1 cm³/mol. The second kappa shape index (κ2) is 5.54. The highest BCUT2D eigenvalue weighted by Gasteiger charge is 2.29. The molecule has 0 saturated carbocycles. The summed E-state index contributed by atoms with van der Waals surface area (Å²) in [6.45, 7) is 0.913. The number of carbonyl (C=O) groups excluding carboxylic acids is 1. The Balaban J connectivity index is 2.24. The fourth-order valence-corrected chi connectivity index (χ4v) is 2.66. The van der Waals surface area contributed by atoms with Gasteiger partial charge in [-0.15, -0.1) is 0 Å². The third kappa shape index (κ3) is 2.80. The first-order valence-electron chi connectivity index (χ1n) is 5.82. The van der Waals surface area contributed by atoms with Crippen molar-refractivity contribution < 1.29 is 9.53 Å². The van der Waals surface area contributed by atoms with Crippen LogP contribution < -0.4 is 4.90 Å². The van der Waals surface area contributed by atoms with E-state index in [0.29, 0.717) is 0 Å². The Kier molecular flexibility index (Phi) is 4.05. The van der Waals surface area contributed by atoms with Crippen LogP contribution in [0.4, 0.5) is 5.69 Å². The first kappa shape index (κ1) is 12.4. The number of rotatable bonds is 2. The van der Waals surface area contributed by atoms with E-state index in [4.69, 9.17) is 4.74 Å². The van der Waals surface area contributed by atoms with Crippen molar-refractivity contribution >= 4 is 27.6 Å². The van der Waals surface area contributed by atoms with Gasteiger partial charge in [0.1, 0.15) is 6.04 Å². The van der Waals surface area contributed by atoms with Crippen LogP contribution in [0.25, 0.3) is 0 Å². The zero-order valence-corrected chi connectivity index (χ0v) is 11.4. The Labute approximate surface area is 110 Å². The van der Waals surface area contributed by atoms with E-state index < -0.39 is 0 Å². The van der Waals surface area contributed by atoms with Crippen LogP contribution in [0, 0.1) is 0 Å². The van der Waals surface area contributed by atoms with E-state index in [-0.39, 0.29) is 12.0 Å². The average Bonchev–Trinajstić information content (AvgIpc) is 2.38. The third-order valence-electron chi connectivity index (χ3n) is 3.12. The SMILES string of the molecule is COC(=O)C1CCCCN1c1cccc(Br)c1. The first-order valence-corrected chi connectivity index (χ1v) is 6.61. The van der Waals surface area contributed by atoms with Crippen molar-refractivity contribution in [1.29, 1.82) is 0 Å². The van der Waals surface area contributed by atoms with Gasteiger partial charge in [-0.1, -0.05) is 22.0 Å². The van der Waals surface area contributed by atoms with Crippen LogP contribution in [0.2, 0.25) is 0 Å². The summed E-state index contributed by atoms with van der Waals surface area (Å²) in [4.78, 5) is 13.9. The minimum Gasteiger partial charge on any atom is -0.467 e. The monoisotopic (exact) mass is 297 g/mol. The Morgan fingerprint density at radius 1 is 1.47 bits per heavy atom. The van der Waals surface area contributed by atoms with E-state index in [1.807, 2.05) is 24.3 Å². The van der Waals surface area contributed by atoms with E-state index in [9.17, 15) is 4.79 Å². The van der Waals surface area contributed by atoms with Crippen LogP contribution in [-0.4, -0.2) is 25.7 Å². The lowest BCUT2D eigenvalue weighted by molar-refractivity contribution is -0.142. The van der Waals surface area contributed by atoms with Gasteiger partial charge in [-0.05, 0) is 37.5 Å². The largest absolute Gasteiger partial charge is 0.467 e. The fourth-order valence-electron chi connectivity index (χ4n) is 2.28. The number of hydrogen-bond donors (Lipinski definition) is 0. The minimum absolute atomic E-state index is 0.135. The highest BCUT2D eigenvalue weighted by molar-refractivity contribution is 9.10. The second-order valence-corrected chi connectivity index (χ2v) is 5.12. The molecular weight excluding hydrogens is 282 g/mol. The van der Waals surface area contributed by atoms with Crippen LogP contribution in [-0.2, 0) is 9.53 Å². The molecule has 1 heterocycles. The summed E-state index contributed by atoms with van der Waals surface area (Å²) in [5.41, 5.74) is 1.08. The molecule has 1 unspecified atom stereocenters. The van der Waals surface area contributed by atoms with Crippen molar-refractivity contribution in [1.82, 2.24) is 0 Å². The average molecular weight is 298 g/mol. The lowest BCUT2D eigenvalue weighted by Crippen LogP contribution is -2.45. The molecule has 0 N–H and O–H groups in total. The van der Waals surface area contributed by atoms with Crippen molar-refractivity contribution in [2.75, 3.05) is 18.6 Å². The fraction of sp³-hybridized carbons (Fsp3) is 0.462. The summed E-state index contributed by atoms with van der Waals surface area (Å²) >= 11 is 3.46. The van der Waals surface area contributed by atoms with E-state index in [2.05, 4.69) is 20.8 Å². The standard InChI is InChI=1S/C13H16BrNO2/c1-17-13(16)12-7-2-3-8-15(12)11-6-4-5-10(14)9-11/h4-6,9,12H,2-3,7-8H2,1H3. The molecule has 1 aliphatic heterocycles. The molecular formula is C13H16BrNO2. The van der Waals surface area contributed by atoms with E-state index in [1.54, 1.807) is 0 Å². The molecule has 1 aromatic carbocycles. The summed E-state index contributed by atoms with van der Waals surface area (Å²) in [5.74, 6) is -0.135. The Morgan fingerprint density at radius 3 is 3.00 bits per heavy atom. The Hall–Kier alpha value is -1.03. The zero-order chi connectivity index (χ0) is 12.3. The van der Waals surface area contributed by atoms with Crippen LogP contribution >= 0.6 is 15.9 Å². The number of hydrogen-bond acceptors (Lipinski definition) is 3. The summed E-state index contributed by atoms with van der Waals surface area (Å²) in [7, 11) is 1.45. The molecule has 1 aromatic rings. The van der Waals surface area contributed by atoms with Gasteiger partial charge in [0.15, 0.2) is 0 Å². The van der Waals surface area contributed by atoms with Crippen molar-refractivity contribution in [3.8, 4) is 0 Å². The maximum atomic E-state index is 11.8. The summed E-state index contributed by atoms with van der Waals surface area (Å²) in [5, 5.41) is 0. The molecule has 0 aromatic heterocycles. The number of methoxy groups -OCH3 is 1. The third-order valence-corrected chi connectivity index (χ3v) is 3.61. The first-order chi connectivity index (χ1) is 8.22. The van der Waals surface area contributed by atoms with Gasteiger partial charge in [0.05, 0.1) is 7.11 Å². The number of esters is 1. The number of ether oxygens (including phenoxy) is 1. The molecule has 3 nitrogen and oxygen atoms in total. The molecule has 4 heteroatoms. The van der Waals surface area contributed by atoms with E-state index >= 15 is 0 Å². The van der Waals surface area contributed by atoms with Crippen molar-refractivity contribution in [2.24, 2.45) is 0 Å². The minimum atomic E-state index is -0.136. The van der Waals surface area contributed by atoms with Gasteiger partial charge in [0.25, 0.3) is 0 Å². The molecule has 1 saturated heterocycles. The maximum Gasteiger partial charge on any atom is 0.328 e. The highest BCUT2D eigenvalue weighted by atomic mass is 79.9. The second-order valence-electron chi connectivity index (χ2n) is 4.21. The number of piperidine rings is 1. The van der Waals surface area contributed by atoms with Gasteiger partial charge in [0.2, 0.25) is 0 Å². The maximum absolute atomic E-state index is 11.8. The molecule has 0 spiro atoms. The summed E-state index contributed by atoms with van der Waals surface area (Å²) in [6.07, 6.45) is 3.09. The normalized spacial score (nSPS) is 20.1. The van der Waals surface area contributed by atoms with Crippen LogP contribution in [0.5, 0.6) is 0 Å². The topological polar surface area (TPSA) is 29.5 Å². The quantitative estimate of drug-likeness (QED) is 0.786. The van der Waals surface area contributed by atoms with Crippen molar-refractivity contribution in [2.45, 2.75) is 25.3 Å². The zero-order valence-electron chi connectivity index (χ0n) is 9.86. The molecule has 1 fully saturated rings. The molecule has 0 bridgehead atoms. The molecule has 0 radical (unpaired) electrons. The number of carbonyl (C=O) groups is 1. The highest BCUT2D eigenvalue weighted by Crippen LogP contribution is 2.27. The molecule has 0 aliphatic carbocycles. The van der Waals surface area contributed by atoms with Gasteiger partial charge in [-0.25, -0.2) is 4.79 Å². The number of halogens is 1. The molecule has 17 heavy (non-hydrogen) atoms. The van der Waals surface area contributed by atoms with E-state index in [0.717, 1.165) is 36.0 Å². The van der Waals surface area contributed by atoms with Gasteiger partial charge >= 0.3 is 5.97 Å². The Morgan fingerprint density at radius 2 is 2.29 bits per heavy atom. The van der Waals surface area contributed by atoms with Crippen molar-refractivity contribution in [3.05, 3.63) is 28.7 Å². The number of benzene rings is 1. The predicted octanol–water partition coefficient (Wildman–Crippen LogP) is 2.98. The molecule has 92 valence electrons. The van der Waals surface area contributed by atoms with Crippen LogP contribution in [0.1, 0.15) is 19.3 Å². The smallest absolute Gasteiger partial charge is 0.328 e. The van der Waals surface area contributed by atoms with E-state index in [1.165, 1.54) is 7.11 Å². The number of nitrogens with zero attached hydrogens (tertiary/aromatic N) is 1. The lowest BCUT2D eigenvalue weighted by atomic mass is 10.0. The van der Waals surface area contributed by atoms with Gasteiger partial charge in [-0.2, -0.15) is 0 Å². The Bertz CT molecular complexity index is 408. The molecule has 1 aliphatic rings. The molecule has 0 amide bonds. The van der Waals surface area contributed by atoms with Gasteiger partial charge in [0, 0.05) is 16.7 Å². The van der Waals surface area contributed by atoms with Crippen LogP contribution in [0.3, 0.4) is 0 Å². The van der Waals surface area contributed by atoms with Gasteiger partial charge < -0.3 is 9.64 Å². The summed E-state index contributed by atoms with van der Waals surface area (Å²) < 4.78 is 5.91. The van der Waals surface area contributed by atoms with Crippen molar-refractivity contribution in [3.63, 3.8) is 0 Å². The van der Waals surface area contributed by atoms with Gasteiger partial charge in [-0.3, -0.25) is 0 Å².